The second kappa shape index (κ2) is 10.2. The van der Waals surface area contributed by atoms with E-state index in [0.29, 0.717) is 12.6 Å². The monoisotopic (exact) mass is 387 g/mol. The third-order valence-corrected chi connectivity index (χ3v) is 1.84. The largest absolute Gasteiger partial charge is 0.459 e. The van der Waals surface area contributed by atoms with E-state index in [-0.39, 0.29) is 42.5 Å². The van der Waals surface area contributed by atoms with Gasteiger partial charge in [0.15, 0.2) is 5.96 Å². The molecule has 0 bridgehead atoms. The number of halogens is 1. The minimum absolute atomic E-state index is 0. The number of methoxy groups -OCH3 is 1. The molecule has 6 nitrogen and oxygen atoms in total. The standard InChI is InChI=1S/C12H25N3O3.HI/c1-9(8-17-6)15-11(13-5)14-7-10(16)18-12(2,3)4;/h9H,7-8H2,1-6H3,(H2,13,14,15);1H. The number of ether oxygens (including phenoxy) is 2. The van der Waals surface area contributed by atoms with Gasteiger partial charge in [0, 0.05) is 20.2 Å². The molecule has 0 amide bonds. The van der Waals surface area contributed by atoms with Crippen molar-refractivity contribution in [1.29, 1.82) is 0 Å². The molecule has 1 unspecified atom stereocenters. The Morgan fingerprint density at radius 1 is 1.37 bits per heavy atom. The van der Waals surface area contributed by atoms with Crippen molar-refractivity contribution in [3.63, 3.8) is 0 Å². The third-order valence-electron chi connectivity index (χ3n) is 1.84. The average Bonchev–Trinajstić information content (AvgIpc) is 2.22. The Labute approximate surface area is 132 Å². The van der Waals surface area contributed by atoms with Crippen LogP contribution in [0, 0.1) is 0 Å². The van der Waals surface area contributed by atoms with Crippen molar-refractivity contribution >= 4 is 35.9 Å². The first-order chi connectivity index (χ1) is 8.28. The Hall–Kier alpha value is -0.570. The number of carbonyl (C=O) groups excluding carboxylic acids is 1. The minimum Gasteiger partial charge on any atom is -0.459 e. The molecular weight excluding hydrogens is 361 g/mol. The van der Waals surface area contributed by atoms with Crippen LogP contribution in [0.5, 0.6) is 0 Å². The number of guanidine groups is 1. The fourth-order valence-corrected chi connectivity index (χ4v) is 1.25. The molecule has 0 heterocycles. The number of aliphatic imine (C=N–C) groups is 1. The van der Waals surface area contributed by atoms with Gasteiger partial charge in [0.25, 0.3) is 0 Å². The lowest BCUT2D eigenvalue weighted by Gasteiger charge is -2.21. The summed E-state index contributed by atoms with van der Waals surface area (Å²) in [5, 5.41) is 5.98. The normalized spacial score (nSPS) is 13.3. The van der Waals surface area contributed by atoms with Gasteiger partial charge in [-0.2, -0.15) is 0 Å². The molecule has 0 saturated heterocycles. The molecule has 0 radical (unpaired) electrons. The highest BCUT2D eigenvalue weighted by Crippen LogP contribution is 2.06. The zero-order chi connectivity index (χ0) is 14.2. The summed E-state index contributed by atoms with van der Waals surface area (Å²) in [7, 11) is 3.28. The van der Waals surface area contributed by atoms with E-state index in [0.717, 1.165) is 0 Å². The Balaban J connectivity index is 0. The Bertz CT molecular complexity index is 290. The molecule has 0 aromatic carbocycles. The molecule has 2 N–H and O–H groups in total. The Kier molecular flexibility index (Phi) is 11.2. The number of carbonyl (C=O) groups is 1. The van der Waals surface area contributed by atoms with Gasteiger partial charge in [-0.25, -0.2) is 0 Å². The zero-order valence-corrected chi connectivity index (χ0v) is 14.9. The summed E-state index contributed by atoms with van der Waals surface area (Å²) in [5.74, 6) is 0.232. The second-order valence-corrected chi connectivity index (χ2v) is 5.01. The predicted molar refractivity (Wildman–Crippen MR) is 87.1 cm³/mol. The van der Waals surface area contributed by atoms with Gasteiger partial charge >= 0.3 is 5.97 Å². The molecule has 0 aliphatic carbocycles. The molecule has 114 valence electrons. The molecule has 0 rings (SSSR count). The Morgan fingerprint density at radius 2 is 1.95 bits per heavy atom. The van der Waals surface area contributed by atoms with Crippen LogP contribution in [-0.4, -0.2) is 50.9 Å². The van der Waals surface area contributed by atoms with Crippen LogP contribution in [0.2, 0.25) is 0 Å². The highest BCUT2D eigenvalue weighted by Gasteiger charge is 2.16. The summed E-state index contributed by atoms with van der Waals surface area (Å²) < 4.78 is 10.2. The summed E-state index contributed by atoms with van der Waals surface area (Å²) in [6.07, 6.45) is 0. The van der Waals surface area contributed by atoms with Crippen LogP contribution >= 0.6 is 24.0 Å². The smallest absolute Gasteiger partial charge is 0.325 e. The number of rotatable bonds is 5. The van der Waals surface area contributed by atoms with Crippen molar-refractivity contribution in [3.8, 4) is 0 Å². The molecule has 0 fully saturated rings. The summed E-state index contributed by atoms with van der Waals surface area (Å²) in [5.41, 5.74) is -0.473. The van der Waals surface area contributed by atoms with Gasteiger partial charge in [-0.15, -0.1) is 24.0 Å². The first-order valence-corrected chi connectivity index (χ1v) is 5.96. The van der Waals surface area contributed by atoms with E-state index in [1.54, 1.807) is 14.2 Å². The number of hydrogen-bond acceptors (Lipinski definition) is 4. The lowest BCUT2D eigenvalue weighted by molar-refractivity contribution is -0.153. The molecule has 0 aromatic rings. The van der Waals surface area contributed by atoms with Crippen LogP contribution in [-0.2, 0) is 14.3 Å². The zero-order valence-electron chi connectivity index (χ0n) is 12.6. The summed E-state index contributed by atoms with van der Waals surface area (Å²) >= 11 is 0. The van der Waals surface area contributed by atoms with Crippen LogP contribution in [0.3, 0.4) is 0 Å². The maximum Gasteiger partial charge on any atom is 0.325 e. The van der Waals surface area contributed by atoms with Gasteiger partial charge in [0.05, 0.1) is 6.61 Å². The topological polar surface area (TPSA) is 72.0 Å². The molecule has 0 aliphatic heterocycles. The minimum atomic E-state index is -0.473. The van der Waals surface area contributed by atoms with Crippen LogP contribution in [0.15, 0.2) is 4.99 Å². The predicted octanol–water partition coefficient (Wildman–Crippen LogP) is 1.15. The highest BCUT2D eigenvalue weighted by molar-refractivity contribution is 14.0. The molecule has 0 aliphatic rings. The molecule has 1 atom stereocenters. The van der Waals surface area contributed by atoms with Gasteiger partial charge in [0.2, 0.25) is 0 Å². The summed E-state index contributed by atoms with van der Waals surface area (Å²) in [6, 6.07) is 0.111. The summed E-state index contributed by atoms with van der Waals surface area (Å²) in [6.45, 7) is 8.10. The van der Waals surface area contributed by atoms with E-state index in [4.69, 9.17) is 9.47 Å². The highest BCUT2D eigenvalue weighted by atomic mass is 127. The quantitative estimate of drug-likeness (QED) is 0.321. The van der Waals surface area contributed by atoms with Crippen LogP contribution in [0.4, 0.5) is 0 Å². The number of esters is 1. The number of nitrogens with zero attached hydrogens (tertiary/aromatic N) is 1. The number of hydrogen-bond donors (Lipinski definition) is 2. The van der Waals surface area contributed by atoms with Crippen molar-refractivity contribution in [1.82, 2.24) is 10.6 Å². The SMILES string of the molecule is CN=C(NCC(=O)OC(C)(C)C)NC(C)COC.I. The van der Waals surface area contributed by atoms with Crippen LogP contribution in [0.1, 0.15) is 27.7 Å². The maximum absolute atomic E-state index is 11.5. The van der Waals surface area contributed by atoms with E-state index < -0.39 is 5.60 Å². The van der Waals surface area contributed by atoms with Crippen molar-refractivity contribution in [2.45, 2.75) is 39.3 Å². The van der Waals surface area contributed by atoms with E-state index in [9.17, 15) is 4.79 Å². The van der Waals surface area contributed by atoms with Crippen LogP contribution in [0.25, 0.3) is 0 Å². The molecule has 7 heteroatoms. The van der Waals surface area contributed by atoms with Gasteiger partial charge in [-0.3, -0.25) is 9.79 Å². The second-order valence-electron chi connectivity index (χ2n) is 5.01. The average molecular weight is 387 g/mol. The van der Waals surface area contributed by atoms with Gasteiger partial charge in [-0.1, -0.05) is 0 Å². The number of nitrogens with one attached hydrogen (secondary N) is 2. The van der Waals surface area contributed by atoms with Crippen molar-refractivity contribution in [3.05, 3.63) is 0 Å². The molecule has 0 aromatic heterocycles. The van der Waals surface area contributed by atoms with Gasteiger partial charge in [-0.05, 0) is 27.7 Å². The molecule has 0 spiro atoms. The lowest BCUT2D eigenvalue weighted by atomic mass is 10.2. The van der Waals surface area contributed by atoms with Crippen molar-refractivity contribution in [2.75, 3.05) is 27.3 Å². The van der Waals surface area contributed by atoms with Crippen molar-refractivity contribution in [2.24, 2.45) is 4.99 Å². The van der Waals surface area contributed by atoms with E-state index >= 15 is 0 Å². The molecule has 19 heavy (non-hydrogen) atoms. The maximum atomic E-state index is 11.5. The van der Waals surface area contributed by atoms with Gasteiger partial charge < -0.3 is 20.1 Å². The third kappa shape index (κ3) is 12.2. The Morgan fingerprint density at radius 3 is 2.37 bits per heavy atom. The van der Waals surface area contributed by atoms with Crippen LogP contribution < -0.4 is 10.6 Å². The fourth-order valence-electron chi connectivity index (χ4n) is 1.25. The first kappa shape index (κ1) is 20.7. The molecular formula is C12H26IN3O3. The van der Waals surface area contributed by atoms with Gasteiger partial charge in [0.1, 0.15) is 12.1 Å². The first-order valence-electron chi connectivity index (χ1n) is 5.96. The summed E-state index contributed by atoms with van der Waals surface area (Å²) in [4.78, 5) is 15.5. The van der Waals surface area contributed by atoms with E-state index in [1.165, 1.54) is 0 Å². The fraction of sp³-hybridized carbons (Fsp3) is 0.833. The lowest BCUT2D eigenvalue weighted by Crippen LogP contribution is -2.46. The van der Waals surface area contributed by atoms with E-state index in [1.807, 2.05) is 27.7 Å². The van der Waals surface area contributed by atoms with Crippen molar-refractivity contribution < 1.29 is 14.3 Å². The van der Waals surface area contributed by atoms with E-state index in [2.05, 4.69) is 15.6 Å². The molecule has 0 saturated carbocycles.